The number of aromatic nitrogens is 2. The van der Waals surface area contributed by atoms with E-state index in [4.69, 9.17) is 4.98 Å². The summed E-state index contributed by atoms with van der Waals surface area (Å²) in [7, 11) is 3.61. The van der Waals surface area contributed by atoms with Gasteiger partial charge in [-0.3, -0.25) is 9.59 Å². The van der Waals surface area contributed by atoms with Crippen LogP contribution < -0.4 is 5.32 Å². The molecule has 1 aliphatic heterocycles. The number of hydrogen-bond donors (Lipinski definition) is 1. The van der Waals surface area contributed by atoms with Crippen LogP contribution in [0.2, 0.25) is 0 Å². The quantitative estimate of drug-likeness (QED) is 0.670. The molecule has 3 heterocycles. The first-order chi connectivity index (χ1) is 15.9. The number of aryl methyl sites for hydroxylation is 1. The molecule has 7 nitrogen and oxygen atoms in total. The second-order valence-corrected chi connectivity index (χ2v) is 10.8. The summed E-state index contributed by atoms with van der Waals surface area (Å²) >= 11 is 1.58. The van der Waals surface area contributed by atoms with Crippen LogP contribution in [0.1, 0.15) is 61.4 Å². The number of hydrogen-bond acceptors (Lipinski definition) is 6. The number of nitrogens with one attached hydrogen (secondary N) is 1. The van der Waals surface area contributed by atoms with Crippen molar-refractivity contribution in [2.75, 3.05) is 32.5 Å². The molecule has 1 saturated carbocycles. The van der Waals surface area contributed by atoms with Crippen molar-refractivity contribution in [3.63, 3.8) is 0 Å². The van der Waals surface area contributed by atoms with Gasteiger partial charge in [0.15, 0.2) is 5.13 Å². The number of rotatable bonds is 6. The van der Waals surface area contributed by atoms with Crippen LogP contribution in [0.25, 0.3) is 0 Å². The number of likely N-dealkylation sites (tertiary alicyclic amines) is 1. The molecule has 1 atom stereocenters. The second-order valence-electron chi connectivity index (χ2n) is 9.56. The minimum absolute atomic E-state index is 0.0711. The average molecular weight is 470 g/mol. The molecule has 0 aromatic carbocycles. The van der Waals surface area contributed by atoms with E-state index in [0.29, 0.717) is 11.7 Å². The first-order valence-electron chi connectivity index (χ1n) is 12.1. The highest BCUT2D eigenvalue weighted by molar-refractivity contribution is 7.15. The van der Waals surface area contributed by atoms with Crippen LogP contribution >= 0.6 is 11.3 Å². The highest BCUT2D eigenvalue weighted by Crippen LogP contribution is 2.35. The molecule has 2 fully saturated rings. The number of pyridine rings is 1. The summed E-state index contributed by atoms with van der Waals surface area (Å²) in [5.74, 6) is 1.15. The molecule has 2 amide bonds. The van der Waals surface area contributed by atoms with E-state index in [9.17, 15) is 9.59 Å². The third-order valence-corrected chi connectivity index (χ3v) is 7.76. The molecule has 178 valence electrons. The second kappa shape index (κ2) is 10.6. The highest BCUT2D eigenvalue weighted by atomic mass is 32.1. The van der Waals surface area contributed by atoms with Crippen LogP contribution in [0.15, 0.2) is 24.4 Å². The fraction of sp³-hybridized carbons (Fsp3) is 0.600. The smallest absolute Gasteiger partial charge is 0.231 e. The summed E-state index contributed by atoms with van der Waals surface area (Å²) in [5, 5.41) is 4.06. The largest absolute Gasteiger partial charge is 0.348 e. The molecule has 1 saturated heterocycles. The van der Waals surface area contributed by atoms with E-state index in [1.165, 1.54) is 19.3 Å². The fourth-order valence-electron chi connectivity index (χ4n) is 5.13. The summed E-state index contributed by atoms with van der Waals surface area (Å²) in [5.41, 5.74) is 0.782. The molecule has 8 heteroatoms. The maximum atomic E-state index is 13.3. The predicted molar refractivity (Wildman–Crippen MR) is 132 cm³/mol. The molecule has 4 rings (SSSR count). The first kappa shape index (κ1) is 23.7. The lowest BCUT2D eigenvalue weighted by Gasteiger charge is -2.38. The third kappa shape index (κ3) is 5.72. The van der Waals surface area contributed by atoms with Crippen molar-refractivity contribution in [3.8, 4) is 0 Å². The number of nitrogens with zero attached hydrogens (tertiary/aromatic N) is 4. The van der Waals surface area contributed by atoms with E-state index in [-0.39, 0.29) is 23.7 Å². The molecule has 0 radical (unpaired) electrons. The Morgan fingerprint density at radius 1 is 1.12 bits per heavy atom. The monoisotopic (exact) mass is 469 g/mol. The van der Waals surface area contributed by atoms with Crippen LogP contribution in [-0.4, -0.2) is 58.8 Å². The topological polar surface area (TPSA) is 78.4 Å². The molecular formula is C25H35N5O2S. The van der Waals surface area contributed by atoms with E-state index in [1.54, 1.807) is 30.3 Å². The molecule has 2 aliphatic rings. The number of anilines is 2. The lowest BCUT2D eigenvalue weighted by molar-refractivity contribution is -0.138. The van der Waals surface area contributed by atoms with Gasteiger partial charge in [-0.1, -0.05) is 25.3 Å². The molecule has 2 aromatic rings. The van der Waals surface area contributed by atoms with E-state index < -0.39 is 0 Å². The van der Waals surface area contributed by atoms with Crippen molar-refractivity contribution >= 4 is 34.1 Å². The van der Waals surface area contributed by atoms with E-state index in [1.807, 2.05) is 36.2 Å². The molecule has 2 aromatic heterocycles. The number of piperidine rings is 1. The van der Waals surface area contributed by atoms with Crippen LogP contribution in [-0.2, 0) is 9.59 Å². The van der Waals surface area contributed by atoms with Crippen molar-refractivity contribution in [2.45, 2.75) is 57.8 Å². The molecule has 0 spiro atoms. The highest BCUT2D eigenvalue weighted by Gasteiger charge is 2.37. The molecular weight excluding hydrogens is 434 g/mol. The predicted octanol–water partition coefficient (Wildman–Crippen LogP) is 4.58. The SMILES string of the molecule is Cc1cnc(Nc2cccc(C(C(=O)N(C)C)C3CCN(C(=O)C4CCCCC4)CC3)n2)s1. The van der Waals surface area contributed by atoms with Gasteiger partial charge in [-0.15, -0.1) is 11.3 Å². The fourth-order valence-corrected chi connectivity index (χ4v) is 5.80. The Balaban J connectivity index is 1.47. The Labute approximate surface area is 200 Å². The van der Waals surface area contributed by atoms with Gasteiger partial charge in [-0.2, -0.15) is 0 Å². The molecule has 1 aliphatic carbocycles. The van der Waals surface area contributed by atoms with Gasteiger partial charge in [-0.25, -0.2) is 9.97 Å². The van der Waals surface area contributed by atoms with Gasteiger partial charge < -0.3 is 15.1 Å². The Kier molecular flexibility index (Phi) is 7.63. The van der Waals surface area contributed by atoms with Gasteiger partial charge in [0, 0.05) is 44.2 Å². The van der Waals surface area contributed by atoms with E-state index >= 15 is 0 Å². The summed E-state index contributed by atoms with van der Waals surface area (Å²) in [6, 6.07) is 5.80. The van der Waals surface area contributed by atoms with Gasteiger partial charge in [0.1, 0.15) is 5.82 Å². The maximum absolute atomic E-state index is 13.3. The summed E-state index contributed by atoms with van der Waals surface area (Å²) < 4.78 is 0. The number of carbonyl (C=O) groups excluding carboxylic acids is 2. The van der Waals surface area contributed by atoms with Crippen LogP contribution in [0.4, 0.5) is 10.9 Å². The molecule has 0 bridgehead atoms. The van der Waals surface area contributed by atoms with E-state index in [2.05, 4.69) is 10.3 Å². The maximum Gasteiger partial charge on any atom is 0.231 e. The average Bonchev–Trinajstić information content (AvgIpc) is 3.24. The Bertz CT molecular complexity index is 961. The first-order valence-corrected chi connectivity index (χ1v) is 12.9. The van der Waals surface area contributed by atoms with Crippen molar-refractivity contribution in [3.05, 3.63) is 35.0 Å². The normalized spacial score (nSPS) is 18.7. The number of thiazole rings is 1. The number of amides is 2. The summed E-state index contributed by atoms with van der Waals surface area (Å²) in [6.07, 6.45) is 9.14. The van der Waals surface area contributed by atoms with Crippen molar-refractivity contribution in [2.24, 2.45) is 11.8 Å². The minimum atomic E-state index is -0.313. The summed E-state index contributed by atoms with van der Waals surface area (Å²) in [4.78, 5) is 40.2. The van der Waals surface area contributed by atoms with Crippen molar-refractivity contribution in [1.29, 1.82) is 0 Å². The molecule has 1 unspecified atom stereocenters. The number of carbonyl (C=O) groups is 2. The Hall–Kier alpha value is -2.48. The zero-order valence-electron chi connectivity index (χ0n) is 19.9. The standard InChI is InChI=1S/C25H35N5O2S/c1-17-16-26-25(33-17)28-21-11-7-10-20(27-21)22(24(32)29(2)3)18-12-14-30(15-13-18)23(31)19-8-5-4-6-9-19/h7,10-11,16,18-19,22H,4-6,8-9,12-15H2,1-3H3,(H,26,27,28). The van der Waals surface area contributed by atoms with Gasteiger partial charge in [-0.05, 0) is 50.7 Å². The zero-order valence-corrected chi connectivity index (χ0v) is 20.7. The summed E-state index contributed by atoms with van der Waals surface area (Å²) in [6.45, 7) is 3.48. The van der Waals surface area contributed by atoms with Crippen LogP contribution in [0.3, 0.4) is 0 Å². The third-order valence-electron chi connectivity index (χ3n) is 6.93. The lowest BCUT2D eigenvalue weighted by Crippen LogP contribution is -2.45. The van der Waals surface area contributed by atoms with Crippen molar-refractivity contribution < 1.29 is 9.59 Å². The van der Waals surface area contributed by atoms with Gasteiger partial charge in [0.05, 0.1) is 11.6 Å². The number of likely N-dealkylation sites (N-methyl/N-ethyl adjacent to an activating group) is 1. The minimum Gasteiger partial charge on any atom is -0.348 e. The van der Waals surface area contributed by atoms with Crippen LogP contribution in [0.5, 0.6) is 0 Å². The zero-order chi connectivity index (χ0) is 23.4. The van der Waals surface area contributed by atoms with Gasteiger partial charge >= 0.3 is 0 Å². The van der Waals surface area contributed by atoms with Crippen LogP contribution in [0, 0.1) is 18.8 Å². The Morgan fingerprint density at radius 3 is 2.48 bits per heavy atom. The van der Waals surface area contributed by atoms with Gasteiger partial charge in [0.2, 0.25) is 11.8 Å². The molecule has 1 N–H and O–H groups in total. The molecule has 33 heavy (non-hydrogen) atoms. The van der Waals surface area contributed by atoms with E-state index in [0.717, 1.165) is 54.5 Å². The lowest BCUT2D eigenvalue weighted by atomic mass is 9.80. The Morgan fingerprint density at radius 2 is 1.85 bits per heavy atom. The van der Waals surface area contributed by atoms with Gasteiger partial charge in [0.25, 0.3) is 0 Å². The van der Waals surface area contributed by atoms with Crippen molar-refractivity contribution in [1.82, 2.24) is 19.8 Å².